The Kier molecular flexibility index (Phi) is 8.90. The molecule has 0 atom stereocenters. The molecule has 2 heteroatoms. The summed E-state index contributed by atoms with van der Waals surface area (Å²) in [6.45, 7) is 3.37. The minimum absolute atomic E-state index is 1.12. The Bertz CT molecular complexity index is 104. The molecule has 0 aliphatic rings. The largest absolute Gasteiger partial charge is 0.372 e. The summed E-state index contributed by atoms with van der Waals surface area (Å²) in [5.41, 5.74) is 1.73. The third-order valence-electron chi connectivity index (χ3n) is 2.04. The number of nitrogens with zero attached hydrogens (tertiary/aromatic N) is 1. The maximum atomic E-state index is 4.80. The molecule has 0 spiro atoms. The molecule has 0 N–H and O–H groups in total. The Morgan fingerprint density at radius 1 is 1.08 bits per heavy atom. The molecular weight excluding hydrogens is 166 g/mol. The first kappa shape index (κ1) is 11.9. The standard InChI is InChI=1S/C10H21NS/c1-3-4-5-6-7-8-9-11(2)10-12/h10H,3-9H2,1-2H3. The average molecular weight is 187 g/mol. The third kappa shape index (κ3) is 7.99. The first-order chi connectivity index (χ1) is 5.81. The molecule has 0 rings (SSSR count). The van der Waals surface area contributed by atoms with E-state index in [0.29, 0.717) is 0 Å². The quantitative estimate of drug-likeness (QED) is 0.424. The molecule has 0 heterocycles. The third-order valence-corrected chi connectivity index (χ3v) is 2.40. The van der Waals surface area contributed by atoms with Crippen LogP contribution in [0.15, 0.2) is 0 Å². The van der Waals surface area contributed by atoms with Crippen molar-refractivity contribution in [2.45, 2.75) is 45.4 Å². The lowest BCUT2D eigenvalue weighted by Crippen LogP contribution is -2.15. The summed E-state index contributed by atoms with van der Waals surface area (Å²) in [6.07, 6.45) is 8.15. The van der Waals surface area contributed by atoms with E-state index in [1.54, 1.807) is 5.49 Å². The Balaban J connectivity index is 2.95. The summed E-state index contributed by atoms with van der Waals surface area (Å²) in [5.74, 6) is 0. The summed E-state index contributed by atoms with van der Waals surface area (Å²) in [4.78, 5) is 2.08. The Labute approximate surface area is 82.1 Å². The van der Waals surface area contributed by atoms with Crippen molar-refractivity contribution in [3.63, 3.8) is 0 Å². The minimum atomic E-state index is 1.12. The van der Waals surface area contributed by atoms with Crippen molar-refractivity contribution >= 4 is 17.7 Å². The lowest BCUT2D eigenvalue weighted by atomic mass is 10.1. The van der Waals surface area contributed by atoms with Crippen LogP contribution in [-0.2, 0) is 0 Å². The number of hydrogen-bond acceptors (Lipinski definition) is 1. The summed E-state index contributed by atoms with van der Waals surface area (Å²) < 4.78 is 0. The van der Waals surface area contributed by atoms with Crippen LogP contribution >= 0.6 is 12.2 Å². The molecule has 0 saturated heterocycles. The highest BCUT2D eigenvalue weighted by atomic mass is 32.1. The van der Waals surface area contributed by atoms with Crippen molar-refractivity contribution < 1.29 is 0 Å². The van der Waals surface area contributed by atoms with Gasteiger partial charge >= 0.3 is 0 Å². The smallest absolute Gasteiger partial charge is 0.0638 e. The molecule has 0 aliphatic heterocycles. The van der Waals surface area contributed by atoms with Gasteiger partial charge in [0.2, 0.25) is 0 Å². The summed E-state index contributed by atoms with van der Waals surface area (Å²) in [5, 5.41) is 0. The zero-order chi connectivity index (χ0) is 9.23. The molecule has 0 unspecified atom stereocenters. The van der Waals surface area contributed by atoms with E-state index < -0.39 is 0 Å². The molecule has 72 valence electrons. The van der Waals surface area contributed by atoms with E-state index in [9.17, 15) is 0 Å². The first-order valence-electron chi connectivity index (χ1n) is 4.96. The molecule has 0 bridgehead atoms. The maximum Gasteiger partial charge on any atom is 0.0638 e. The average Bonchev–Trinajstić information content (AvgIpc) is 2.10. The highest BCUT2D eigenvalue weighted by Gasteiger charge is 1.91. The van der Waals surface area contributed by atoms with Gasteiger partial charge < -0.3 is 4.90 Å². The van der Waals surface area contributed by atoms with Gasteiger partial charge in [-0.15, -0.1) is 0 Å². The van der Waals surface area contributed by atoms with Crippen LogP contribution in [0, 0.1) is 0 Å². The van der Waals surface area contributed by atoms with E-state index in [0.717, 1.165) is 6.54 Å². The van der Waals surface area contributed by atoms with Crippen molar-refractivity contribution in [2.75, 3.05) is 13.6 Å². The summed E-state index contributed by atoms with van der Waals surface area (Å²) >= 11 is 4.80. The van der Waals surface area contributed by atoms with Crippen LogP contribution in [0.25, 0.3) is 0 Å². The molecular formula is C10H21NS. The second-order valence-corrected chi connectivity index (χ2v) is 3.56. The topological polar surface area (TPSA) is 3.24 Å². The number of rotatable bonds is 8. The van der Waals surface area contributed by atoms with Gasteiger partial charge in [0.1, 0.15) is 0 Å². The SMILES string of the molecule is CCCCCCCCN(C)C=S. The van der Waals surface area contributed by atoms with Crippen molar-refractivity contribution in [1.82, 2.24) is 4.90 Å². The molecule has 0 aliphatic carbocycles. The van der Waals surface area contributed by atoms with E-state index in [4.69, 9.17) is 12.2 Å². The Morgan fingerprint density at radius 3 is 2.25 bits per heavy atom. The van der Waals surface area contributed by atoms with E-state index >= 15 is 0 Å². The molecule has 12 heavy (non-hydrogen) atoms. The first-order valence-corrected chi connectivity index (χ1v) is 5.44. The number of unbranched alkanes of at least 4 members (excludes halogenated alkanes) is 5. The van der Waals surface area contributed by atoms with E-state index in [2.05, 4.69) is 11.8 Å². The zero-order valence-electron chi connectivity index (χ0n) is 8.38. The van der Waals surface area contributed by atoms with Gasteiger partial charge in [-0.2, -0.15) is 0 Å². The van der Waals surface area contributed by atoms with E-state index in [1.165, 1.54) is 38.5 Å². The predicted molar refractivity (Wildman–Crippen MR) is 59.7 cm³/mol. The van der Waals surface area contributed by atoms with Gasteiger partial charge in [-0.3, -0.25) is 0 Å². The molecule has 0 aromatic heterocycles. The maximum absolute atomic E-state index is 4.80. The lowest BCUT2D eigenvalue weighted by molar-refractivity contribution is 0.482. The fourth-order valence-corrected chi connectivity index (χ4v) is 1.30. The van der Waals surface area contributed by atoms with E-state index in [-0.39, 0.29) is 0 Å². The molecule has 0 saturated carbocycles. The molecule has 0 aromatic carbocycles. The fourth-order valence-electron chi connectivity index (χ4n) is 1.19. The Morgan fingerprint density at radius 2 is 1.67 bits per heavy atom. The second kappa shape index (κ2) is 8.98. The summed E-state index contributed by atoms with van der Waals surface area (Å²) in [7, 11) is 2.04. The van der Waals surface area contributed by atoms with Crippen LogP contribution in [0.5, 0.6) is 0 Å². The van der Waals surface area contributed by atoms with Crippen LogP contribution in [-0.4, -0.2) is 24.0 Å². The van der Waals surface area contributed by atoms with Crippen molar-refractivity contribution in [2.24, 2.45) is 0 Å². The normalized spacial score (nSPS) is 9.83. The predicted octanol–water partition coefficient (Wildman–Crippen LogP) is 3.24. The van der Waals surface area contributed by atoms with Crippen molar-refractivity contribution in [1.29, 1.82) is 0 Å². The fraction of sp³-hybridized carbons (Fsp3) is 0.900. The molecule has 0 radical (unpaired) electrons. The van der Waals surface area contributed by atoms with Crippen LogP contribution in [0.1, 0.15) is 45.4 Å². The van der Waals surface area contributed by atoms with Gasteiger partial charge in [-0.1, -0.05) is 51.2 Å². The van der Waals surface area contributed by atoms with Gasteiger partial charge in [-0.05, 0) is 6.42 Å². The van der Waals surface area contributed by atoms with Gasteiger partial charge in [0, 0.05) is 13.6 Å². The molecule has 1 nitrogen and oxygen atoms in total. The number of thiocarbonyl (C=S) groups is 1. The second-order valence-electron chi connectivity index (χ2n) is 3.35. The zero-order valence-corrected chi connectivity index (χ0v) is 9.20. The van der Waals surface area contributed by atoms with Crippen LogP contribution in [0.4, 0.5) is 0 Å². The van der Waals surface area contributed by atoms with Crippen LogP contribution in [0.2, 0.25) is 0 Å². The van der Waals surface area contributed by atoms with Gasteiger partial charge in [0.05, 0.1) is 5.49 Å². The minimum Gasteiger partial charge on any atom is -0.372 e. The van der Waals surface area contributed by atoms with Crippen molar-refractivity contribution in [3.8, 4) is 0 Å². The highest BCUT2D eigenvalue weighted by Crippen LogP contribution is 2.04. The van der Waals surface area contributed by atoms with Gasteiger partial charge in [0.15, 0.2) is 0 Å². The molecule has 0 amide bonds. The van der Waals surface area contributed by atoms with Gasteiger partial charge in [-0.25, -0.2) is 0 Å². The Hall–Kier alpha value is -0.110. The van der Waals surface area contributed by atoms with E-state index in [1.807, 2.05) is 7.05 Å². The van der Waals surface area contributed by atoms with Gasteiger partial charge in [0.25, 0.3) is 0 Å². The molecule has 0 aromatic rings. The van der Waals surface area contributed by atoms with Crippen LogP contribution < -0.4 is 0 Å². The highest BCUT2D eigenvalue weighted by molar-refractivity contribution is 7.78. The van der Waals surface area contributed by atoms with Crippen molar-refractivity contribution in [3.05, 3.63) is 0 Å². The van der Waals surface area contributed by atoms with Crippen LogP contribution in [0.3, 0.4) is 0 Å². The summed E-state index contributed by atoms with van der Waals surface area (Å²) in [6, 6.07) is 0. The monoisotopic (exact) mass is 187 g/mol. The molecule has 0 fully saturated rings. The number of hydrogen-bond donors (Lipinski definition) is 0. The lowest BCUT2D eigenvalue weighted by Gasteiger charge is -2.10.